The molecule has 0 bridgehead atoms. The van der Waals surface area contributed by atoms with Crippen molar-refractivity contribution in [2.24, 2.45) is 11.3 Å². The van der Waals surface area contributed by atoms with Crippen molar-refractivity contribution in [3.8, 4) is 0 Å². The predicted octanol–water partition coefficient (Wildman–Crippen LogP) is 3.15. The average molecular weight is 319 g/mol. The van der Waals surface area contributed by atoms with E-state index in [0.717, 1.165) is 4.47 Å². The summed E-state index contributed by atoms with van der Waals surface area (Å²) in [4.78, 5) is 0. The first-order valence-electron chi connectivity index (χ1n) is 6.08. The van der Waals surface area contributed by atoms with Gasteiger partial charge in [-0.15, -0.1) is 0 Å². The van der Waals surface area contributed by atoms with Crippen LogP contribution in [0.4, 0.5) is 4.39 Å². The number of hydrogen-bond donors (Lipinski definition) is 2. The van der Waals surface area contributed by atoms with Gasteiger partial charge in [0.15, 0.2) is 0 Å². The zero-order valence-corrected chi connectivity index (χ0v) is 12.4. The van der Waals surface area contributed by atoms with Gasteiger partial charge in [0.25, 0.3) is 0 Å². The van der Waals surface area contributed by atoms with Crippen LogP contribution in [0.3, 0.4) is 0 Å². The second-order valence-corrected chi connectivity index (χ2v) is 6.24. The zero-order valence-electron chi connectivity index (χ0n) is 10.8. The maximum absolute atomic E-state index is 13.7. The molecule has 2 N–H and O–H groups in total. The molecule has 1 rings (SSSR count). The van der Waals surface area contributed by atoms with E-state index in [-0.39, 0.29) is 19.0 Å². The summed E-state index contributed by atoms with van der Waals surface area (Å²) in [6.45, 7) is 3.76. The van der Waals surface area contributed by atoms with Crippen LogP contribution < -0.4 is 0 Å². The quantitative estimate of drug-likeness (QED) is 0.846. The van der Waals surface area contributed by atoms with E-state index in [1.165, 1.54) is 6.07 Å². The van der Waals surface area contributed by atoms with Crippen molar-refractivity contribution in [2.45, 2.75) is 26.7 Å². The number of hydrogen-bond acceptors (Lipinski definition) is 2. The van der Waals surface area contributed by atoms with Gasteiger partial charge >= 0.3 is 0 Å². The van der Waals surface area contributed by atoms with Crippen LogP contribution in [0.5, 0.6) is 0 Å². The molecule has 0 spiro atoms. The first-order valence-corrected chi connectivity index (χ1v) is 6.87. The summed E-state index contributed by atoms with van der Waals surface area (Å²) < 4.78 is 14.5. The molecule has 18 heavy (non-hydrogen) atoms. The smallest absolute Gasteiger partial charge is 0.126 e. The van der Waals surface area contributed by atoms with Crippen LogP contribution in [0.25, 0.3) is 0 Å². The van der Waals surface area contributed by atoms with Gasteiger partial charge in [-0.1, -0.05) is 29.8 Å². The Morgan fingerprint density at radius 1 is 1.28 bits per heavy atom. The van der Waals surface area contributed by atoms with Crippen LogP contribution in [-0.4, -0.2) is 23.4 Å². The van der Waals surface area contributed by atoms with Gasteiger partial charge in [-0.3, -0.25) is 0 Å². The lowest BCUT2D eigenvalue weighted by molar-refractivity contribution is 0.0363. The van der Waals surface area contributed by atoms with E-state index in [2.05, 4.69) is 15.9 Å². The van der Waals surface area contributed by atoms with Crippen LogP contribution >= 0.6 is 15.9 Å². The van der Waals surface area contributed by atoms with Crippen LogP contribution in [0, 0.1) is 17.2 Å². The summed E-state index contributed by atoms with van der Waals surface area (Å²) >= 11 is 3.31. The van der Waals surface area contributed by atoms with Gasteiger partial charge in [0.2, 0.25) is 0 Å². The third-order valence-electron chi connectivity index (χ3n) is 3.09. The van der Waals surface area contributed by atoms with Crippen molar-refractivity contribution in [3.05, 3.63) is 34.1 Å². The lowest BCUT2D eigenvalue weighted by atomic mass is 9.76. The Balaban J connectivity index is 2.98. The van der Waals surface area contributed by atoms with E-state index in [1.807, 2.05) is 13.8 Å². The molecule has 0 unspecified atom stereocenters. The summed E-state index contributed by atoms with van der Waals surface area (Å²) in [5.74, 6) is 0.0349. The third kappa shape index (κ3) is 4.04. The maximum Gasteiger partial charge on any atom is 0.126 e. The minimum Gasteiger partial charge on any atom is -0.396 e. The first-order chi connectivity index (χ1) is 8.42. The van der Waals surface area contributed by atoms with Gasteiger partial charge in [0.05, 0.1) is 13.2 Å². The molecule has 0 fully saturated rings. The molecule has 0 radical (unpaired) electrons. The monoisotopic (exact) mass is 318 g/mol. The molecule has 1 aromatic carbocycles. The summed E-state index contributed by atoms with van der Waals surface area (Å²) in [6.07, 6.45) is 0.995. The molecule has 0 saturated heterocycles. The Morgan fingerprint density at radius 2 is 1.89 bits per heavy atom. The Bertz CT molecular complexity index is 389. The van der Waals surface area contributed by atoms with E-state index in [4.69, 9.17) is 0 Å². The third-order valence-corrected chi connectivity index (χ3v) is 3.58. The van der Waals surface area contributed by atoms with Gasteiger partial charge in [-0.05, 0) is 42.5 Å². The van der Waals surface area contributed by atoms with Gasteiger partial charge in [-0.2, -0.15) is 0 Å². The highest BCUT2D eigenvalue weighted by atomic mass is 79.9. The Morgan fingerprint density at radius 3 is 2.39 bits per heavy atom. The molecule has 102 valence electrons. The van der Waals surface area contributed by atoms with Gasteiger partial charge in [0.1, 0.15) is 5.82 Å². The molecule has 0 aliphatic heterocycles. The van der Waals surface area contributed by atoms with Gasteiger partial charge < -0.3 is 10.2 Å². The van der Waals surface area contributed by atoms with E-state index in [0.29, 0.717) is 24.3 Å². The molecule has 2 nitrogen and oxygen atoms in total. The van der Waals surface area contributed by atoms with E-state index in [9.17, 15) is 14.6 Å². The molecule has 0 amide bonds. The summed E-state index contributed by atoms with van der Waals surface area (Å²) in [5.41, 5.74) is -0.136. The number of aliphatic hydroxyl groups excluding tert-OH is 2. The molecule has 0 atom stereocenters. The van der Waals surface area contributed by atoms with Gasteiger partial charge in [0, 0.05) is 9.89 Å². The fraction of sp³-hybridized carbons (Fsp3) is 0.571. The molecule has 1 aromatic rings. The highest BCUT2D eigenvalue weighted by molar-refractivity contribution is 9.10. The number of rotatable bonds is 6. The highest BCUT2D eigenvalue weighted by Crippen LogP contribution is 2.31. The second kappa shape index (κ2) is 6.64. The van der Waals surface area contributed by atoms with Gasteiger partial charge in [-0.25, -0.2) is 4.39 Å². The van der Waals surface area contributed by atoms with Crippen molar-refractivity contribution >= 4 is 15.9 Å². The molecular formula is C14H20BrFO2. The second-order valence-electron chi connectivity index (χ2n) is 5.33. The summed E-state index contributed by atoms with van der Waals surface area (Å²) in [7, 11) is 0. The molecule has 0 aromatic heterocycles. The molecular weight excluding hydrogens is 299 g/mol. The summed E-state index contributed by atoms with van der Waals surface area (Å²) in [5, 5.41) is 19.1. The zero-order chi connectivity index (χ0) is 13.8. The number of halogens is 2. The molecule has 0 aliphatic rings. The SMILES string of the molecule is CC(C)CC(CO)(CO)Cc1cc(Br)ccc1F. The highest BCUT2D eigenvalue weighted by Gasteiger charge is 2.31. The Hall–Kier alpha value is -0.450. The Kier molecular flexibility index (Phi) is 5.76. The normalized spacial score (nSPS) is 12.2. The van der Waals surface area contributed by atoms with Crippen LogP contribution in [0.2, 0.25) is 0 Å². The van der Waals surface area contributed by atoms with Crippen molar-refractivity contribution in [1.29, 1.82) is 0 Å². The van der Waals surface area contributed by atoms with Crippen molar-refractivity contribution in [2.75, 3.05) is 13.2 Å². The maximum atomic E-state index is 13.7. The molecule has 0 aliphatic carbocycles. The topological polar surface area (TPSA) is 40.5 Å². The van der Waals surface area contributed by atoms with E-state index < -0.39 is 5.41 Å². The number of aliphatic hydroxyl groups is 2. The van der Waals surface area contributed by atoms with Crippen molar-refractivity contribution < 1.29 is 14.6 Å². The molecule has 0 heterocycles. The fourth-order valence-electron chi connectivity index (χ4n) is 2.31. The van der Waals surface area contributed by atoms with Crippen LogP contribution in [0.15, 0.2) is 22.7 Å². The first kappa shape index (κ1) is 15.6. The predicted molar refractivity (Wildman–Crippen MR) is 73.9 cm³/mol. The lowest BCUT2D eigenvalue weighted by Crippen LogP contribution is -2.34. The standard InChI is InChI=1S/C14H20BrFO2/c1-10(2)6-14(8-17,9-18)7-11-5-12(15)3-4-13(11)16/h3-5,10,17-18H,6-9H2,1-2H3. The minimum absolute atomic E-state index is 0.145. The largest absolute Gasteiger partial charge is 0.396 e. The van der Waals surface area contributed by atoms with E-state index >= 15 is 0 Å². The molecule has 4 heteroatoms. The van der Waals surface area contributed by atoms with Crippen molar-refractivity contribution in [3.63, 3.8) is 0 Å². The van der Waals surface area contributed by atoms with E-state index in [1.54, 1.807) is 12.1 Å². The van der Waals surface area contributed by atoms with Crippen LogP contribution in [0.1, 0.15) is 25.8 Å². The Labute approximate surface area is 116 Å². The van der Waals surface area contributed by atoms with Crippen molar-refractivity contribution in [1.82, 2.24) is 0 Å². The molecule has 0 saturated carbocycles. The fourth-order valence-corrected chi connectivity index (χ4v) is 2.72. The lowest BCUT2D eigenvalue weighted by Gasteiger charge is -2.32. The minimum atomic E-state index is -0.657. The van der Waals surface area contributed by atoms with Crippen LogP contribution in [-0.2, 0) is 6.42 Å². The summed E-state index contributed by atoms with van der Waals surface area (Å²) in [6, 6.07) is 4.74. The average Bonchev–Trinajstić information content (AvgIpc) is 2.32. The number of benzene rings is 1.